The normalized spacial score (nSPS) is 13.2. The third-order valence-corrected chi connectivity index (χ3v) is 3.13. The van der Waals surface area contributed by atoms with E-state index >= 15 is 0 Å². The highest BCUT2D eigenvalue weighted by Crippen LogP contribution is 2.34. The minimum atomic E-state index is -0.547. The van der Waals surface area contributed by atoms with Crippen molar-refractivity contribution >= 4 is 10.8 Å². The predicted octanol–water partition coefficient (Wildman–Crippen LogP) is 3.83. The third-order valence-electron chi connectivity index (χ3n) is 3.13. The Morgan fingerprint density at radius 2 is 2.00 bits per heavy atom. The fourth-order valence-electron chi connectivity index (χ4n) is 2.23. The van der Waals surface area contributed by atoms with Crippen LogP contribution in [0.1, 0.15) is 37.9 Å². The van der Waals surface area contributed by atoms with Crippen molar-refractivity contribution in [2.45, 2.75) is 33.3 Å². The summed E-state index contributed by atoms with van der Waals surface area (Å²) >= 11 is 0. The summed E-state index contributed by atoms with van der Waals surface area (Å²) in [6.07, 6.45) is 0.156. The number of rotatable bonds is 4. The van der Waals surface area contributed by atoms with Crippen molar-refractivity contribution in [2.24, 2.45) is 5.92 Å². The number of methoxy groups -OCH3 is 1. The molecule has 0 bridgehead atoms. The van der Waals surface area contributed by atoms with E-state index in [1.165, 1.54) is 0 Å². The molecule has 0 aliphatic heterocycles. The summed E-state index contributed by atoms with van der Waals surface area (Å²) in [7, 11) is 1.64. The quantitative estimate of drug-likeness (QED) is 0.894. The van der Waals surface area contributed by atoms with E-state index in [0.717, 1.165) is 22.3 Å². The standard InChI is InChI=1S/C15H20O3/c1-9(2)7-14(16)15-12-6-5-11(17-4)8-13(12)10(3)18-15/h5-6,8-9,14,16H,7H2,1-4H3. The van der Waals surface area contributed by atoms with Gasteiger partial charge >= 0.3 is 0 Å². The van der Waals surface area contributed by atoms with Crippen molar-refractivity contribution in [1.29, 1.82) is 0 Å². The Bertz CT molecular complexity index is 540. The molecular weight excluding hydrogens is 228 g/mol. The first-order valence-corrected chi connectivity index (χ1v) is 6.28. The van der Waals surface area contributed by atoms with Crippen molar-refractivity contribution in [3.63, 3.8) is 0 Å². The number of aryl methyl sites for hydroxylation is 1. The van der Waals surface area contributed by atoms with Crippen LogP contribution >= 0.6 is 0 Å². The Hall–Kier alpha value is -1.48. The van der Waals surface area contributed by atoms with Gasteiger partial charge in [0.05, 0.1) is 7.11 Å². The topological polar surface area (TPSA) is 42.6 Å². The molecule has 1 heterocycles. The van der Waals surface area contributed by atoms with Gasteiger partial charge in [-0.15, -0.1) is 0 Å². The fraction of sp³-hybridized carbons (Fsp3) is 0.467. The maximum Gasteiger partial charge on any atom is 0.140 e. The highest BCUT2D eigenvalue weighted by Gasteiger charge is 2.19. The molecule has 1 aromatic heterocycles. The van der Waals surface area contributed by atoms with Gasteiger partial charge in [0.15, 0.2) is 0 Å². The number of aliphatic hydroxyl groups excluding tert-OH is 1. The van der Waals surface area contributed by atoms with Crippen LogP contribution in [0.3, 0.4) is 0 Å². The molecule has 1 N–H and O–H groups in total. The van der Waals surface area contributed by atoms with Crippen LogP contribution < -0.4 is 4.74 Å². The Morgan fingerprint density at radius 1 is 1.28 bits per heavy atom. The number of ether oxygens (including phenoxy) is 1. The molecule has 0 saturated carbocycles. The Balaban J connectivity index is 2.46. The van der Waals surface area contributed by atoms with E-state index in [0.29, 0.717) is 18.1 Å². The van der Waals surface area contributed by atoms with Gasteiger partial charge in [-0.1, -0.05) is 13.8 Å². The lowest BCUT2D eigenvalue weighted by atomic mass is 10.0. The molecule has 1 unspecified atom stereocenters. The molecule has 0 aliphatic rings. The molecule has 0 spiro atoms. The van der Waals surface area contributed by atoms with Crippen molar-refractivity contribution < 1.29 is 14.3 Å². The molecule has 3 heteroatoms. The molecule has 0 amide bonds. The van der Waals surface area contributed by atoms with E-state index in [4.69, 9.17) is 9.15 Å². The lowest BCUT2D eigenvalue weighted by molar-refractivity contribution is 0.126. The van der Waals surface area contributed by atoms with Gasteiger partial charge in [0.25, 0.3) is 0 Å². The van der Waals surface area contributed by atoms with Crippen molar-refractivity contribution in [1.82, 2.24) is 0 Å². The first-order chi connectivity index (χ1) is 8.52. The largest absolute Gasteiger partial charge is 0.497 e. The second-order valence-corrected chi connectivity index (χ2v) is 5.08. The van der Waals surface area contributed by atoms with Gasteiger partial charge in [-0.25, -0.2) is 0 Å². The maximum atomic E-state index is 10.2. The summed E-state index contributed by atoms with van der Waals surface area (Å²) in [5.74, 6) is 2.72. The van der Waals surface area contributed by atoms with Crippen LogP contribution in [-0.2, 0) is 0 Å². The van der Waals surface area contributed by atoms with Gasteiger partial charge in [-0.3, -0.25) is 0 Å². The summed E-state index contributed by atoms with van der Waals surface area (Å²) in [6.45, 7) is 6.09. The molecule has 3 nitrogen and oxygen atoms in total. The van der Waals surface area contributed by atoms with E-state index in [-0.39, 0.29) is 0 Å². The van der Waals surface area contributed by atoms with E-state index in [2.05, 4.69) is 13.8 Å². The second-order valence-electron chi connectivity index (χ2n) is 5.08. The fourth-order valence-corrected chi connectivity index (χ4v) is 2.23. The summed E-state index contributed by atoms with van der Waals surface area (Å²) < 4.78 is 10.9. The molecular formula is C15H20O3. The number of hydrogen-bond acceptors (Lipinski definition) is 3. The average molecular weight is 248 g/mol. The first-order valence-electron chi connectivity index (χ1n) is 6.28. The number of furan rings is 1. The number of fused-ring (bicyclic) bond motifs is 1. The van der Waals surface area contributed by atoms with Crippen molar-refractivity contribution in [2.75, 3.05) is 7.11 Å². The van der Waals surface area contributed by atoms with Crippen molar-refractivity contribution in [3.05, 3.63) is 29.7 Å². The molecule has 2 aromatic rings. The lowest BCUT2D eigenvalue weighted by Crippen LogP contribution is -2.00. The summed E-state index contributed by atoms with van der Waals surface area (Å²) in [4.78, 5) is 0. The van der Waals surface area contributed by atoms with Crippen LogP contribution in [0.4, 0.5) is 0 Å². The van der Waals surface area contributed by atoms with E-state index < -0.39 is 6.10 Å². The van der Waals surface area contributed by atoms with Crippen LogP contribution in [0.5, 0.6) is 5.75 Å². The SMILES string of the molecule is COc1ccc2c(C(O)CC(C)C)oc(C)c2c1. The van der Waals surface area contributed by atoms with Crippen LogP contribution in [-0.4, -0.2) is 12.2 Å². The molecule has 98 valence electrons. The molecule has 1 aromatic carbocycles. The zero-order valence-electron chi connectivity index (χ0n) is 11.4. The molecule has 0 fully saturated rings. The number of hydrogen-bond donors (Lipinski definition) is 1. The summed E-state index contributed by atoms with van der Waals surface area (Å²) in [5, 5.41) is 12.2. The zero-order chi connectivity index (χ0) is 13.3. The van der Waals surface area contributed by atoms with Gasteiger partial charge in [0, 0.05) is 10.8 Å². The van der Waals surface area contributed by atoms with Gasteiger partial charge in [0.2, 0.25) is 0 Å². The Labute approximate surface area is 107 Å². The van der Waals surface area contributed by atoms with Gasteiger partial charge in [-0.05, 0) is 37.5 Å². The van der Waals surface area contributed by atoms with Crippen LogP contribution in [0, 0.1) is 12.8 Å². The highest BCUT2D eigenvalue weighted by atomic mass is 16.5. The Kier molecular flexibility index (Phi) is 3.62. The summed E-state index contributed by atoms with van der Waals surface area (Å²) in [5.41, 5.74) is 0. The molecule has 0 aliphatic carbocycles. The van der Waals surface area contributed by atoms with Gasteiger partial charge < -0.3 is 14.3 Å². The second kappa shape index (κ2) is 5.02. The summed E-state index contributed by atoms with van der Waals surface area (Å²) in [6, 6.07) is 5.78. The molecule has 0 radical (unpaired) electrons. The molecule has 0 saturated heterocycles. The number of benzene rings is 1. The first kappa shape index (κ1) is 13.0. The highest BCUT2D eigenvalue weighted by molar-refractivity contribution is 5.88. The van der Waals surface area contributed by atoms with Crippen molar-refractivity contribution in [3.8, 4) is 5.75 Å². The van der Waals surface area contributed by atoms with Crippen LogP contribution in [0.25, 0.3) is 10.8 Å². The predicted molar refractivity (Wildman–Crippen MR) is 71.9 cm³/mol. The number of aliphatic hydroxyl groups is 1. The zero-order valence-corrected chi connectivity index (χ0v) is 11.4. The third kappa shape index (κ3) is 2.36. The van der Waals surface area contributed by atoms with E-state index in [1.54, 1.807) is 7.11 Å². The van der Waals surface area contributed by atoms with E-state index in [9.17, 15) is 5.11 Å². The van der Waals surface area contributed by atoms with E-state index in [1.807, 2.05) is 25.1 Å². The smallest absolute Gasteiger partial charge is 0.140 e. The maximum absolute atomic E-state index is 10.2. The lowest BCUT2D eigenvalue weighted by Gasteiger charge is -2.10. The van der Waals surface area contributed by atoms with Crippen LogP contribution in [0.2, 0.25) is 0 Å². The van der Waals surface area contributed by atoms with Gasteiger partial charge in [0.1, 0.15) is 23.4 Å². The average Bonchev–Trinajstić information content (AvgIpc) is 2.65. The minimum absolute atomic E-state index is 0.429. The monoisotopic (exact) mass is 248 g/mol. The minimum Gasteiger partial charge on any atom is -0.497 e. The molecule has 1 atom stereocenters. The molecule has 2 rings (SSSR count). The van der Waals surface area contributed by atoms with Crippen LogP contribution in [0.15, 0.2) is 22.6 Å². The molecule has 18 heavy (non-hydrogen) atoms. The van der Waals surface area contributed by atoms with Gasteiger partial charge in [-0.2, -0.15) is 0 Å². The Morgan fingerprint density at radius 3 is 2.61 bits per heavy atom.